The van der Waals surface area contributed by atoms with Crippen LogP contribution in [0.3, 0.4) is 0 Å². The fraction of sp³-hybridized carbons (Fsp3) is 0.514. The Balaban J connectivity index is 1.17. The van der Waals surface area contributed by atoms with Crippen LogP contribution in [0.2, 0.25) is 0 Å². The summed E-state index contributed by atoms with van der Waals surface area (Å²) in [6.07, 6.45) is 7.28. The van der Waals surface area contributed by atoms with Gasteiger partial charge in [0.25, 0.3) is 0 Å². The first kappa shape index (κ1) is 29.8. The molecule has 1 aliphatic heterocycles. The van der Waals surface area contributed by atoms with Crippen molar-refractivity contribution in [3.8, 4) is 0 Å². The minimum Gasteiger partial charge on any atom is -0.396 e. The van der Waals surface area contributed by atoms with Crippen molar-refractivity contribution in [1.82, 2.24) is 0 Å². The molecule has 2 aromatic carbocycles. The summed E-state index contributed by atoms with van der Waals surface area (Å²) in [5.41, 5.74) is 2.74. The van der Waals surface area contributed by atoms with Crippen LogP contribution >= 0.6 is 0 Å². The fourth-order valence-corrected chi connectivity index (χ4v) is 9.87. The Morgan fingerprint density at radius 3 is 2.57 bits per heavy atom. The van der Waals surface area contributed by atoms with E-state index in [0.717, 1.165) is 40.7 Å². The van der Waals surface area contributed by atoms with Crippen LogP contribution < -0.4 is 0 Å². The van der Waals surface area contributed by atoms with Crippen LogP contribution in [0.5, 0.6) is 0 Å². The Kier molecular flexibility index (Phi) is 7.34. The molecule has 1 heterocycles. The summed E-state index contributed by atoms with van der Waals surface area (Å²) in [5.74, 6) is -0.278. The van der Waals surface area contributed by atoms with Crippen LogP contribution in [0.15, 0.2) is 72.3 Å². The van der Waals surface area contributed by atoms with Crippen LogP contribution in [-0.2, 0) is 31.9 Å². The first-order valence-corrected chi connectivity index (χ1v) is 16.0. The zero-order valence-electron chi connectivity index (χ0n) is 25.4. The summed E-state index contributed by atoms with van der Waals surface area (Å²) in [6, 6.07) is 16.3. The molecule has 1 saturated heterocycles. The predicted octanol–water partition coefficient (Wildman–Crippen LogP) is 4.42. The van der Waals surface area contributed by atoms with Crippen molar-refractivity contribution in [1.29, 1.82) is 0 Å². The third-order valence-corrected chi connectivity index (χ3v) is 11.8. The maximum atomic E-state index is 13.8. The molecule has 7 heteroatoms. The summed E-state index contributed by atoms with van der Waals surface area (Å²) in [6.45, 7) is 3.66. The van der Waals surface area contributed by atoms with Crippen molar-refractivity contribution < 1.29 is 34.4 Å². The fourth-order valence-electron chi connectivity index (χ4n) is 9.87. The van der Waals surface area contributed by atoms with Gasteiger partial charge in [-0.15, -0.1) is 0 Å². The molecule has 3 saturated carbocycles. The van der Waals surface area contributed by atoms with Crippen LogP contribution in [0.1, 0.15) is 68.1 Å². The zero-order valence-corrected chi connectivity index (χ0v) is 25.4. The SMILES string of the molecule is C[C@]12C=CC(=O)C=C1CC[C@@H]1[C@@H]2[C@@H](O)C[C@@]2(C)[C@H]1C[C@H]1O[C@@H](c3cccc(Cc4ccc(CCO)cc4)c3)O[C@]12C(=O)CO. The highest BCUT2D eigenvalue weighted by atomic mass is 16.7. The van der Waals surface area contributed by atoms with Gasteiger partial charge in [0, 0.05) is 28.9 Å². The van der Waals surface area contributed by atoms with Gasteiger partial charge < -0.3 is 24.8 Å². The molecule has 0 unspecified atom stereocenters. The van der Waals surface area contributed by atoms with Gasteiger partial charge in [0.05, 0.1) is 12.2 Å². The van der Waals surface area contributed by atoms with Crippen molar-refractivity contribution in [2.24, 2.45) is 28.6 Å². The lowest BCUT2D eigenvalue weighted by molar-refractivity contribution is -0.201. The number of hydrogen-bond acceptors (Lipinski definition) is 7. The van der Waals surface area contributed by atoms with Gasteiger partial charge in [-0.25, -0.2) is 0 Å². The molecular formula is C37H42O7. The second-order valence-corrected chi connectivity index (χ2v) is 14.1. The Hall–Kier alpha value is -2.94. The second kappa shape index (κ2) is 10.8. The van der Waals surface area contributed by atoms with E-state index in [1.165, 1.54) is 0 Å². The third-order valence-electron chi connectivity index (χ3n) is 11.8. The molecule has 7 rings (SSSR count). The van der Waals surface area contributed by atoms with Crippen molar-refractivity contribution in [3.63, 3.8) is 0 Å². The van der Waals surface area contributed by atoms with Crippen LogP contribution in [0.4, 0.5) is 0 Å². The molecule has 232 valence electrons. The average Bonchev–Trinajstić information content (AvgIpc) is 3.51. The minimum absolute atomic E-state index is 0.00169. The summed E-state index contributed by atoms with van der Waals surface area (Å²) in [5, 5.41) is 31.3. The number of hydrogen-bond donors (Lipinski definition) is 3. The maximum absolute atomic E-state index is 13.8. The van der Waals surface area contributed by atoms with E-state index in [1.807, 2.05) is 30.3 Å². The van der Waals surface area contributed by atoms with E-state index < -0.39 is 41.5 Å². The number of ketones is 2. The lowest BCUT2D eigenvalue weighted by atomic mass is 9.46. The van der Waals surface area contributed by atoms with E-state index in [0.29, 0.717) is 25.7 Å². The van der Waals surface area contributed by atoms with Gasteiger partial charge in [0.1, 0.15) is 6.61 Å². The summed E-state index contributed by atoms with van der Waals surface area (Å²) < 4.78 is 13.4. The molecular weight excluding hydrogens is 556 g/mol. The van der Waals surface area contributed by atoms with Crippen molar-refractivity contribution >= 4 is 11.6 Å². The Labute approximate surface area is 258 Å². The van der Waals surface area contributed by atoms with Gasteiger partial charge in [0.15, 0.2) is 23.5 Å². The van der Waals surface area contributed by atoms with E-state index in [9.17, 15) is 24.9 Å². The number of Topliss-reactive ketones (excluding diaryl/α,β-unsaturated/α-hetero) is 1. The molecule has 9 atom stereocenters. The zero-order chi connectivity index (χ0) is 30.9. The van der Waals surface area contributed by atoms with Crippen LogP contribution in [-0.4, -0.2) is 57.9 Å². The standard InChI is InChI=1S/C37H42O7/c1-35-14-12-27(40)18-26(35)10-11-28-29-19-32-37(31(42)21-39,36(29,2)20-30(41)33(28)35)44-34(43-32)25-5-3-4-24(17-25)16-23-8-6-22(7-9-23)13-15-38/h3-9,12,14,17-18,28-30,32-34,38-39,41H,10-11,13,15-16,19-21H2,1-2H3/t28-,29-,30-,32+,33+,34+,35-,36-,37+/m0/s1. The Morgan fingerprint density at radius 1 is 1.05 bits per heavy atom. The third kappa shape index (κ3) is 4.35. The topological polar surface area (TPSA) is 113 Å². The largest absolute Gasteiger partial charge is 0.396 e. The quantitative estimate of drug-likeness (QED) is 0.433. The predicted molar refractivity (Wildman–Crippen MR) is 163 cm³/mol. The van der Waals surface area contributed by atoms with E-state index in [2.05, 4.69) is 38.1 Å². The number of carbonyl (C=O) groups excluding carboxylic acids is 2. The van der Waals surface area contributed by atoms with Gasteiger partial charge >= 0.3 is 0 Å². The molecule has 0 radical (unpaired) electrons. The highest BCUT2D eigenvalue weighted by Crippen LogP contribution is 2.70. The number of carbonyl (C=O) groups is 2. The first-order valence-electron chi connectivity index (χ1n) is 16.0. The molecule has 0 bridgehead atoms. The second-order valence-electron chi connectivity index (χ2n) is 14.1. The van der Waals surface area contributed by atoms with E-state index in [-0.39, 0.29) is 35.9 Å². The highest BCUT2D eigenvalue weighted by Gasteiger charge is 2.75. The molecule has 7 nitrogen and oxygen atoms in total. The van der Waals surface area contributed by atoms with Gasteiger partial charge in [-0.05, 0) is 79.2 Å². The van der Waals surface area contributed by atoms with Crippen LogP contribution in [0, 0.1) is 28.6 Å². The van der Waals surface area contributed by atoms with Gasteiger partial charge in [-0.1, -0.05) is 74.0 Å². The van der Waals surface area contributed by atoms with Gasteiger partial charge in [-0.3, -0.25) is 9.59 Å². The number of ether oxygens (including phenoxy) is 2. The molecule has 44 heavy (non-hydrogen) atoms. The van der Waals surface area contributed by atoms with Gasteiger partial charge in [-0.2, -0.15) is 0 Å². The summed E-state index contributed by atoms with van der Waals surface area (Å²) in [7, 11) is 0. The number of allylic oxidation sites excluding steroid dienone is 4. The minimum atomic E-state index is -1.36. The Morgan fingerprint density at radius 2 is 1.82 bits per heavy atom. The molecule has 4 fully saturated rings. The Bertz CT molecular complexity index is 1530. The molecule has 4 aliphatic carbocycles. The molecule has 0 spiro atoms. The highest BCUT2D eigenvalue weighted by molar-refractivity contribution is 6.01. The van der Waals surface area contributed by atoms with E-state index >= 15 is 0 Å². The van der Waals surface area contributed by atoms with Crippen LogP contribution in [0.25, 0.3) is 0 Å². The van der Waals surface area contributed by atoms with Crippen molar-refractivity contribution in [2.45, 2.75) is 76.5 Å². The average molecular weight is 599 g/mol. The smallest absolute Gasteiger partial charge is 0.193 e. The number of fused-ring (bicyclic) bond motifs is 7. The number of aliphatic hydroxyl groups is 3. The van der Waals surface area contributed by atoms with Gasteiger partial charge in [0.2, 0.25) is 0 Å². The molecule has 5 aliphatic rings. The van der Waals surface area contributed by atoms with Crippen molar-refractivity contribution in [3.05, 3.63) is 94.6 Å². The molecule has 0 amide bonds. The number of aliphatic hydroxyl groups excluding tert-OH is 3. The molecule has 0 aromatic heterocycles. The van der Waals surface area contributed by atoms with Crippen molar-refractivity contribution in [2.75, 3.05) is 13.2 Å². The molecule has 3 N–H and O–H groups in total. The van der Waals surface area contributed by atoms with E-state index in [1.54, 1.807) is 12.2 Å². The number of benzene rings is 2. The number of rotatable bonds is 7. The monoisotopic (exact) mass is 598 g/mol. The lowest BCUT2D eigenvalue weighted by Crippen LogP contribution is -2.63. The normalized spacial score (nSPS) is 38.8. The van der Waals surface area contributed by atoms with E-state index in [4.69, 9.17) is 9.47 Å². The first-order chi connectivity index (χ1) is 21.1. The summed E-state index contributed by atoms with van der Waals surface area (Å²) in [4.78, 5) is 26.0. The maximum Gasteiger partial charge on any atom is 0.193 e. The summed E-state index contributed by atoms with van der Waals surface area (Å²) >= 11 is 0. The molecule has 2 aromatic rings. The lowest BCUT2D eigenvalue weighted by Gasteiger charge is -2.59.